The summed E-state index contributed by atoms with van der Waals surface area (Å²) in [6.07, 6.45) is 0. The lowest BCUT2D eigenvalue weighted by Crippen LogP contribution is -2.02. The second-order valence-corrected chi connectivity index (χ2v) is 4.08. The Morgan fingerprint density at radius 2 is 2.00 bits per heavy atom. The lowest BCUT2D eigenvalue weighted by atomic mass is 10.2. The summed E-state index contributed by atoms with van der Waals surface area (Å²) in [6.45, 7) is 3.19. The van der Waals surface area contributed by atoms with Crippen molar-refractivity contribution in [3.05, 3.63) is 53.0 Å². The van der Waals surface area contributed by atoms with Crippen LogP contribution in [0, 0.1) is 19.7 Å². The molecule has 0 fully saturated rings. The maximum absolute atomic E-state index is 13.7. The van der Waals surface area contributed by atoms with Crippen LogP contribution in [0.15, 0.2) is 30.3 Å². The number of carboxylic acid groups (broad SMARTS) is 1. The van der Waals surface area contributed by atoms with Crippen LogP contribution in [-0.4, -0.2) is 16.1 Å². The van der Waals surface area contributed by atoms with Crippen LogP contribution in [0.5, 0.6) is 11.6 Å². The summed E-state index contributed by atoms with van der Waals surface area (Å²) in [5.41, 5.74) is 0.881. The van der Waals surface area contributed by atoms with E-state index >= 15 is 0 Å². The zero-order valence-corrected chi connectivity index (χ0v) is 10.5. The van der Waals surface area contributed by atoms with Crippen molar-refractivity contribution in [3.8, 4) is 11.6 Å². The largest absolute Gasteiger partial charge is 0.478 e. The molecular weight excluding hydrogens is 249 g/mol. The summed E-state index contributed by atoms with van der Waals surface area (Å²) in [7, 11) is 0. The molecule has 0 amide bonds. The second kappa shape index (κ2) is 5.06. The highest BCUT2D eigenvalue weighted by molar-refractivity contribution is 5.88. The second-order valence-electron chi connectivity index (χ2n) is 4.08. The first-order valence-electron chi connectivity index (χ1n) is 5.63. The van der Waals surface area contributed by atoms with Crippen LogP contribution in [0.2, 0.25) is 0 Å². The fraction of sp³-hybridized carbons (Fsp3) is 0.143. The van der Waals surface area contributed by atoms with Gasteiger partial charge in [-0.3, -0.25) is 0 Å². The molecule has 0 radical (unpaired) electrons. The van der Waals surface area contributed by atoms with Crippen LogP contribution >= 0.6 is 0 Å². The Balaban J connectivity index is 2.32. The fourth-order valence-corrected chi connectivity index (χ4v) is 1.63. The SMILES string of the molecule is Cc1cccc(Oc2ccc(C(=O)O)c(C)n2)c1F. The summed E-state index contributed by atoms with van der Waals surface area (Å²) in [5, 5.41) is 8.89. The molecule has 1 aromatic heterocycles. The van der Waals surface area contributed by atoms with Gasteiger partial charge in [0.15, 0.2) is 11.6 Å². The van der Waals surface area contributed by atoms with Gasteiger partial charge in [0.05, 0.1) is 11.3 Å². The Morgan fingerprint density at radius 1 is 1.26 bits per heavy atom. The minimum atomic E-state index is -1.06. The first-order chi connectivity index (χ1) is 8.99. The minimum absolute atomic E-state index is 0.0648. The molecule has 0 saturated carbocycles. The van der Waals surface area contributed by atoms with Crippen LogP contribution < -0.4 is 4.74 Å². The minimum Gasteiger partial charge on any atom is -0.478 e. The van der Waals surface area contributed by atoms with E-state index < -0.39 is 11.8 Å². The van der Waals surface area contributed by atoms with Gasteiger partial charge in [-0.15, -0.1) is 0 Å². The van der Waals surface area contributed by atoms with Gasteiger partial charge in [-0.1, -0.05) is 12.1 Å². The molecule has 0 saturated heterocycles. The normalized spacial score (nSPS) is 10.3. The Hall–Kier alpha value is -2.43. The first-order valence-corrected chi connectivity index (χ1v) is 5.63. The highest BCUT2D eigenvalue weighted by Gasteiger charge is 2.11. The lowest BCUT2D eigenvalue weighted by molar-refractivity contribution is 0.0695. The molecule has 0 bridgehead atoms. The number of hydrogen-bond donors (Lipinski definition) is 1. The number of aryl methyl sites for hydroxylation is 2. The van der Waals surface area contributed by atoms with Crippen molar-refractivity contribution in [1.29, 1.82) is 0 Å². The van der Waals surface area contributed by atoms with Crippen molar-refractivity contribution in [2.75, 3.05) is 0 Å². The number of aromatic carboxylic acids is 1. The number of benzene rings is 1. The molecule has 19 heavy (non-hydrogen) atoms. The highest BCUT2D eigenvalue weighted by atomic mass is 19.1. The first kappa shape index (κ1) is 13.0. The topological polar surface area (TPSA) is 59.4 Å². The number of hydrogen-bond acceptors (Lipinski definition) is 3. The van der Waals surface area contributed by atoms with E-state index in [-0.39, 0.29) is 17.2 Å². The predicted octanol–water partition coefficient (Wildman–Crippen LogP) is 3.33. The molecule has 1 aromatic carbocycles. The van der Waals surface area contributed by atoms with Gasteiger partial charge in [0.25, 0.3) is 0 Å². The Morgan fingerprint density at radius 3 is 2.63 bits per heavy atom. The fourth-order valence-electron chi connectivity index (χ4n) is 1.63. The molecule has 98 valence electrons. The number of carbonyl (C=O) groups is 1. The van der Waals surface area contributed by atoms with Crippen molar-refractivity contribution in [2.24, 2.45) is 0 Å². The van der Waals surface area contributed by atoms with Gasteiger partial charge in [-0.2, -0.15) is 0 Å². The molecule has 1 heterocycles. The summed E-state index contributed by atoms with van der Waals surface area (Å²) in [6, 6.07) is 7.58. The molecule has 0 aliphatic heterocycles. The third kappa shape index (κ3) is 2.70. The van der Waals surface area contributed by atoms with Crippen molar-refractivity contribution < 1.29 is 19.0 Å². The average Bonchev–Trinajstić information content (AvgIpc) is 2.34. The van der Waals surface area contributed by atoms with Crippen molar-refractivity contribution in [3.63, 3.8) is 0 Å². The predicted molar refractivity (Wildman–Crippen MR) is 67.1 cm³/mol. The third-order valence-electron chi connectivity index (χ3n) is 2.66. The summed E-state index contributed by atoms with van der Waals surface area (Å²) < 4.78 is 19.1. The van der Waals surface area contributed by atoms with Gasteiger partial charge < -0.3 is 9.84 Å². The number of halogens is 1. The molecule has 4 nitrogen and oxygen atoms in total. The van der Waals surface area contributed by atoms with E-state index in [1.165, 1.54) is 18.2 Å². The van der Waals surface area contributed by atoms with Gasteiger partial charge in [-0.05, 0) is 31.5 Å². The van der Waals surface area contributed by atoms with Gasteiger partial charge in [-0.25, -0.2) is 14.2 Å². The molecule has 5 heteroatoms. The zero-order valence-electron chi connectivity index (χ0n) is 10.5. The van der Waals surface area contributed by atoms with E-state index in [1.807, 2.05) is 0 Å². The van der Waals surface area contributed by atoms with E-state index in [4.69, 9.17) is 9.84 Å². The van der Waals surface area contributed by atoms with Crippen LogP contribution in [0.3, 0.4) is 0 Å². The zero-order chi connectivity index (χ0) is 14.0. The van der Waals surface area contributed by atoms with E-state index in [0.29, 0.717) is 11.3 Å². The van der Waals surface area contributed by atoms with E-state index in [0.717, 1.165) is 0 Å². The molecule has 0 aliphatic carbocycles. The lowest BCUT2D eigenvalue weighted by Gasteiger charge is -2.08. The summed E-state index contributed by atoms with van der Waals surface area (Å²) >= 11 is 0. The van der Waals surface area contributed by atoms with Crippen LogP contribution in [0.4, 0.5) is 4.39 Å². The number of ether oxygens (including phenoxy) is 1. The average molecular weight is 261 g/mol. The Kier molecular flexibility index (Phi) is 3.46. The number of nitrogens with zero attached hydrogens (tertiary/aromatic N) is 1. The molecule has 0 aliphatic rings. The van der Waals surface area contributed by atoms with Crippen LogP contribution in [-0.2, 0) is 0 Å². The summed E-state index contributed by atoms with van der Waals surface area (Å²) in [5.74, 6) is -1.29. The smallest absolute Gasteiger partial charge is 0.337 e. The van der Waals surface area contributed by atoms with Crippen LogP contribution in [0.25, 0.3) is 0 Å². The standard InChI is InChI=1S/C14H12FNO3/c1-8-4-3-5-11(13(8)15)19-12-7-6-10(14(17)18)9(2)16-12/h3-7H,1-2H3,(H,17,18). The molecule has 0 spiro atoms. The molecular formula is C14H12FNO3. The third-order valence-corrected chi connectivity index (χ3v) is 2.66. The Labute approximate surface area is 109 Å². The van der Waals surface area contributed by atoms with Gasteiger partial charge >= 0.3 is 5.97 Å². The van der Waals surface area contributed by atoms with Gasteiger partial charge in [0.2, 0.25) is 5.88 Å². The van der Waals surface area contributed by atoms with Crippen molar-refractivity contribution in [1.82, 2.24) is 4.98 Å². The van der Waals surface area contributed by atoms with Gasteiger partial charge in [0, 0.05) is 6.07 Å². The molecule has 2 aromatic rings. The number of pyridine rings is 1. The number of carboxylic acids is 1. The monoisotopic (exact) mass is 261 g/mol. The molecule has 0 unspecified atom stereocenters. The van der Waals surface area contributed by atoms with E-state index in [1.54, 1.807) is 26.0 Å². The molecule has 2 rings (SSSR count). The summed E-state index contributed by atoms with van der Waals surface area (Å²) in [4.78, 5) is 14.8. The maximum atomic E-state index is 13.7. The quantitative estimate of drug-likeness (QED) is 0.920. The Bertz CT molecular complexity index is 641. The highest BCUT2D eigenvalue weighted by Crippen LogP contribution is 2.25. The van der Waals surface area contributed by atoms with E-state index in [2.05, 4.69) is 4.98 Å². The maximum Gasteiger partial charge on any atom is 0.337 e. The molecule has 1 N–H and O–H groups in total. The van der Waals surface area contributed by atoms with Crippen LogP contribution in [0.1, 0.15) is 21.6 Å². The van der Waals surface area contributed by atoms with Crippen molar-refractivity contribution in [2.45, 2.75) is 13.8 Å². The van der Waals surface area contributed by atoms with Crippen molar-refractivity contribution >= 4 is 5.97 Å². The van der Waals surface area contributed by atoms with E-state index in [9.17, 15) is 9.18 Å². The number of rotatable bonds is 3. The van der Waals surface area contributed by atoms with Gasteiger partial charge in [0.1, 0.15) is 0 Å². The number of aromatic nitrogens is 1. The molecule has 0 atom stereocenters.